The molecule has 0 radical (unpaired) electrons. The number of methoxy groups -OCH3 is 1. The van der Waals surface area contributed by atoms with Crippen molar-refractivity contribution in [1.82, 2.24) is 10.6 Å². The minimum atomic E-state index is -0.562. The van der Waals surface area contributed by atoms with Crippen molar-refractivity contribution in [3.8, 4) is 5.75 Å². The van der Waals surface area contributed by atoms with Gasteiger partial charge in [0.15, 0.2) is 0 Å². The summed E-state index contributed by atoms with van der Waals surface area (Å²) in [6, 6.07) is 6.26. The van der Waals surface area contributed by atoms with Gasteiger partial charge in [-0.15, -0.1) is 0 Å². The number of benzene rings is 1. The first kappa shape index (κ1) is 16.6. The molecule has 2 amide bonds. The summed E-state index contributed by atoms with van der Waals surface area (Å²) in [6.07, 6.45) is 3.54. The van der Waals surface area contributed by atoms with Crippen molar-refractivity contribution in [3.63, 3.8) is 0 Å². The fourth-order valence-corrected chi connectivity index (χ4v) is 2.31. The van der Waals surface area contributed by atoms with E-state index in [2.05, 4.69) is 10.6 Å². The average molecular weight is 316 g/mol. The van der Waals surface area contributed by atoms with Crippen LogP contribution in [0.15, 0.2) is 47.7 Å². The van der Waals surface area contributed by atoms with Gasteiger partial charge in [0.2, 0.25) is 0 Å². The van der Waals surface area contributed by atoms with Gasteiger partial charge in [0.1, 0.15) is 12.4 Å². The summed E-state index contributed by atoms with van der Waals surface area (Å²) in [5.41, 5.74) is 1.65. The van der Waals surface area contributed by atoms with E-state index in [1.807, 2.05) is 19.1 Å². The zero-order chi connectivity index (χ0) is 16.8. The second kappa shape index (κ2) is 7.49. The van der Waals surface area contributed by atoms with E-state index in [0.717, 1.165) is 5.56 Å². The molecule has 1 aliphatic heterocycles. The standard InChI is InChI=1S/C17H20N2O4/c1-4-5-10-23-16(20)14-11(2)18-17(21)19-15(14)12-6-8-13(22-3)9-7-12/h4-9,15H,10H2,1-3H3,(H2,18,19,21)/b5-4+/t15-/m1/s1. The van der Waals surface area contributed by atoms with Crippen LogP contribution in [0.25, 0.3) is 0 Å². The molecule has 2 N–H and O–H groups in total. The van der Waals surface area contributed by atoms with Gasteiger partial charge in [0.25, 0.3) is 0 Å². The lowest BCUT2D eigenvalue weighted by molar-refractivity contribution is -0.138. The SMILES string of the molecule is C/C=C/COC(=O)C1=C(C)NC(=O)N[C@@H]1c1ccc(OC)cc1. The smallest absolute Gasteiger partial charge is 0.338 e. The summed E-state index contributed by atoms with van der Waals surface area (Å²) in [6.45, 7) is 3.72. The molecule has 0 bridgehead atoms. The second-order valence-corrected chi connectivity index (χ2v) is 5.01. The lowest BCUT2D eigenvalue weighted by Gasteiger charge is -2.28. The van der Waals surface area contributed by atoms with Crippen LogP contribution in [0.3, 0.4) is 0 Å². The highest BCUT2D eigenvalue weighted by molar-refractivity contribution is 5.95. The van der Waals surface area contributed by atoms with Crippen molar-refractivity contribution in [2.24, 2.45) is 0 Å². The predicted molar refractivity (Wildman–Crippen MR) is 85.9 cm³/mol. The first-order valence-electron chi connectivity index (χ1n) is 7.27. The number of rotatable bonds is 5. The Kier molecular flexibility index (Phi) is 5.41. The first-order chi connectivity index (χ1) is 11.1. The minimum absolute atomic E-state index is 0.190. The second-order valence-electron chi connectivity index (χ2n) is 5.01. The maximum absolute atomic E-state index is 12.4. The number of amides is 2. The molecule has 0 aliphatic carbocycles. The lowest BCUT2D eigenvalue weighted by Crippen LogP contribution is -2.45. The lowest BCUT2D eigenvalue weighted by atomic mass is 9.95. The topological polar surface area (TPSA) is 76.7 Å². The normalized spacial score (nSPS) is 17.7. The van der Waals surface area contributed by atoms with Crippen LogP contribution in [0.4, 0.5) is 4.79 Å². The Hall–Kier alpha value is -2.76. The van der Waals surface area contributed by atoms with Crippen molar-refractivity contribution >= 4 is 12.0 Å². The number of nitrogens with one attached hydrogen (secondary N) is 2. The molecule has 6 heteroatoms. The summed E-state index contributed by atoms with van der Waals surface area (Å²) in [5, 5.41) is 5.36. The summed E-state index contributed by atoms with van der Waals surface area (Å²) < 4.78 is 10.4. The number of hydrogen-bond donors (Lipinski definition) is 2. The molecule has 1 aromatic carbocycles. The third-order valence-corrected chi connectivity index (χ3v) is 3.48. The van der Waals surface area contributed by atoms with Gasteiger partial charge < -0.3 is 20.1 Å². The molecule has 2 rings (SSSR count). The van der Waals surface area contributed by atoms with Crippen molar-refractivity contribution in [1.29, 1.82) is 0 Å². The molecule has 6 nitrogen and oxygen atoms in total. The van der Waals surface area contributed by atoms with Crippen molar-refractivity contribution in [2.45, 2.75) is 19.9 Å². The van der Waals surface area contributed by atoms with Gasteiger partial charge in [-0.3, -0.25) is 0 Å². The number of carbonyl (C=O) groups is 2. The highest BCUT2D eigenvalue weighted by atomic mass is 16.5. The van der Waals surface area contributed by atoms with Crippen LogP contribution < -0.4 is 15.4 Å². The molecule has 122 valence electrons. The van der Waals surface area contributed by atoms with Gasteiger partial charge in [0.05, 0.1) is 18.7 Å². The van der Waals surface area contributed by atoms with Crippen LogP contribution in [0.2, 0.25) is 0 Å². The monoisotopic (exact) mass is 316 g/mol. The van der Waals surface area contributed by atoms with E-state index >= 15 is 0 Å². The summed E-state index contributed by atoms with van der Waals surface area (Å²) >= 11 is 0. The van der Waals surface area contributed by atoms with E-state index in [0.29, 0.717) is 17.0 Å². The average Bonchev–Trinajstić information content (AvgIpc) is 2.54. The molecule has 1 aromatic rings. The van der Waals surface area contributed by atoms with Crippen molar-refractivity contribution < 1.29 is 19.1 Å². The third-order valence-electron chi connectivity index (χ3n) is 3.48. The van der Waals surface area contributed by atoms with E-state index < -0.39 is 12.0 Å². The maximum Gasteiger partial charge on any atom is 0.338 e. The van der Waals surface area contributed by atoms with Crippen LogP contribution >= 0.6 is 0 Å². The summed E-state index contributed by atoms with van der Waals surface area (Å²) in [7, 11) is 1.58. The van der Waals surface area contributed by atoms with Crippen molar-refractivity contribution in [2.75, 3.05) is 13.7 Å². The number of ether oxygens (including phenoxy) is 2. The summed E-state index contributed by atoms with van der Waals surface area (Å²) in [5.74, 6) is 0.237. The van der Waals surface area contributed by atoms with Crippen LogP contribution in [0.1, 0.15) is 25.5 Å². The Morgan fingerprint density at radius 1 is 1.30 bits per heavy atom. The number of esters is 1. The maximum atomic E-state index is 12.4. The molecule has 0 unspecified atom stereocenters. The quantitative estimate of drug-likeness (QED) is 0.646. The van der Waals surface area contributed by atoms with Gasteiger partial charge in [-0.25, -0.2) is 9.59 Å². The fraction of sp³-hybridized carbons (Fsp3) is 0.294. The van der Waals surface area contributed by atoms with E-state index in [1.165, 1.54) is 0 Å². The Balaban J connectivity index is 2.31. The van der Waals surface area contributed by atoms with Gasteiger partial charge >= 0.3 is 12.0 Å². The Labute approximate surface area is 135 Å². The molecular formula is C17H20N2O4. The van der Waals surface area contributed by atoms with Gasteiger partial charge in [0, 0.05) is 5.70 Å². The zero-order valence-electron chi connectivity index (χ0n) is 13.4. The largest absolute Gasteiger partial charge is 0.497 e. The predicted octanol–water partition coefficient (Wildman–Crippen LogP) is 2.44. The van der Waals surface area contributed by atoms with E-state index in [4.69, 9.17) is 9.47 Å². The van der Waals surface area contributed by atoms with Gasteiger partial charge in [-0.2, -0.15) is 0 Å². The molecule has 1 aliphatic rings. The van der Waals surface area contributed by atoms with Gasteiger partial charge in [-0.1, -0.05) is 24.3 Å². The number of urea groups is 1. The molecule has 0 aromatic heterocycles. The van der Waals surface area contributed by atoms with E-state index in [1.54, 1.807) is 38.3 Å². The minimum Gasteiger partial charge on any atom is -0.497 e. The molecule has 0 saturated heterocycles. The molecule has 23 heavy (non-hydrogen) atoms. The third kappa shape index (κ3) is 3.91. The van der Waals surface area contributed by atoms with Crippen LogP contribution in [-0.2, 0) is 9.53 Å². The molecule has 1 atom stereocenters. The van der Waals surface area contributed by atoms with Gasteiger partial charge in [-0.05, 0) is 31.5 Å². The van der Waals surface area contributed by atoms with Crippen LogP contribution in [-0.4, -0.2) is 25.7 Å². The molecular weight excluding hydrogens is 296 g/mol. The van der Waals surface area contributed by atoms with E-state index in [-0.39, 0.29) is 12.6 Å². The molecule has 0 spiro atoms. The fourth-order valence-electron chi connectivity index (χ4n) is 2.31. The highest BCUT2D eigenvalue weighted by Gasteiger charge is 2.32. The van der Waals surface area contributed by atoms with Crippen molar-refractivity contribution in [3.05, 3.63) is 53.3 Å². The molecule has 0 fully saturated rings. The Morgan fingerprint density at radius 2 is 2.00 bits per heavy atom. The summed E-state index contributed by atoms with van der Waals surface area (Å²) in [4.78, 5) is 24.1. The van der Waals surface area contributed by atoms with E-state index in [9.17, 15) is 9.59 Å². The number of hydrogen-bond acceptors (Lipinski definition) is 4. The Morgan fingerprint density at radius 3 is 2.61 bits per heavy atom. The highest BCUT2D eigenvalue weighted by Crippen LogP contribution is 2.28. The Bertz CT molecular complexity index is 647. The number of allylic oxidation sites excluding steroid dienone is 2. The molecule has 1 heterocycles. The number of carbonyl (C=O) groups excluding carboxylic acids is 2. The molecule has 0 saturated carbocycles. The first-order valence-corrected chi connectivity index (χ1v) is 7.27. The van der Waals surface area contributed by atoms with Crippen LogP contribution in [0, 0.1) is 0 Å². The van der Waals surface area contributed by atoms with Crippen LogP contribution in [0.5, 0.6) is 5.75 Å². The zero-order valence-corrected chi connectivity index (χ0v) is 13.4.